The van der Waals surface area contributed by atoms with Crippen LogP contribution in [-0.4, -0.2) is 28.1 Å². The predicted molar refractivity (Wildman–Crippen MR) is 83.4 cm³/mol. The van der Waals surface area contributed by atoms with Crippen molar-refractivity contribution in [2.45, 2.75) is 44.6 Å². The predicted octanol–water partition coefficient (Wildman–Crippen LogP) is 2.33. The highest BCUT2D eigenvalue weighted by atomic mass is 32.2. The molecule has 0 fully saturated rings. The second-order valence-corrected chi connectivity index (χ2v) is 7.12. The molecule has 1 rings (SSSR count). The van der Waals surface area contributed by atoms with E-state index in [0.717, 1.165) is 5.56 Å². The highest BCUT2D eigenvalue weighted by Gasteiger charge is 2.28. The molecule has 20 heavy (non-hydrogen) atoms. The van der Waals surface area contributed by atoms with E-state index in [4.69, 9.17) is 0 Å². The van der Waals surface area contributed by atoms with E-state index < -0.39 is 10.0 Å². The SMILES string of the molecule is CCNS(=O)(=O)c1ccccc1C(C(C)C)C(C)NC. The smallest absolute Gasteiger partial charge is 0.240 e. The zero-order valence-electron chi connectivity index (χ0n) is 13.0. The van der Waals surface area contributed by atoms with Crippen molar-refractivity contribution < 1.29 is 8.42 Å². The summed E-state index contributed by atoms with van der Waals surface area (Å²) in [7, 11) is -1.53. The van der Waals surface area contributed by atoms with E-state index in [2.05, 4.69) is 30.8 Å². The summed E-state index contributed by atoms with van der Waals surface area (Å²) in [6.07, 6.45) is 0. The molecule has 2 atom stereocenters. The maximum Gasteiger partial charge on any atom is 0.240 e. The second-order valence-electron chi connectivity index (χ2n) is 5.39. The van der Waals surface area contributed by atoms with Crippen LogP contribution in [0.25, 0.3) is 0 Å². The molecule has 1 aromatic rings. The molecular formula is C15H26N2O2S. The Bertz CT molecular complexity index is 526. The Morgan fingerprint density at radius 2 is 1.75 bits per heavy atom. The van der Waals surface area contributed by atoms with Gasteiger partial charge in [0, 0.05) is 18.5 Å². The third-order valence-electron chi connectivity index (χ3n) is 3.61. The standard InChI is InChI=1S/C15H26N2O2S/c1-6-17-20(18,19)14-10-8-7-9-13(14)15(11(2)3)12(4)16-5/h7-12,15-17H,6H2,1-5H3. The van der Waals surface area contributed by atoms with E-state index in [1.54, 1.807) is 19.1 Å². The highest BCUT2D eigenvalue weighted by molar-refractivity contribution is 7.89. The van der Waals surface area contributed by atoms with Crippen LogP contribution in [0.3, 0.4) is 0 Å². The number of hydrogen-bond acceptors (Lipinski definition) is 3. The first-order valence-corrected chi connectivity index (χ1v) is 8.59. The van der Waals surface area contributed by atoms with Crippen LogP contribution in [0.2, 0.25) is 0 Å². The van der Waals surface area contributed by atoms with Gasteiger partial charge in [-0.1, -0.05) is 39.0 Å². The van der Waals surface area contributed by atoms with E-state index >= 15 is 0 Å². The molecule has 2 unspecified atom stereocenters. The van der Waals surface area contributed by atoms with E-state index in [9.17, 15) is 8.42 Å². The van der Waals surface area contributed by atoms with E-state index in [0.29, 0.717) is 17.4 Å². The first kappa shape index (κ1) is 17.1. The average molecular weight is 298 g/mol. The van der Waals surface area contributed by atoms with Crippen LogP contribution in [0, 0.1) is 5.92 Å². The monoisotopic (exact) mass is 298 g/mol. The van der Waals surface area contributed by atoms with Crippen molar-refractivity contribution in [2.24, 2.45) is 5.92 Å². The number of nitrogens with one attached hydrogen (secondary N) is 2. The van der Waals surface area contributed by atoms with Gasteiger partial charge in [0.25, 0.3) is 0 Å². The first-order chi connectivity index (χ1) is 9.35. The Balaban J connectivity index is 3.37. The molecule has 0 bridgehead atoms. The molecule has 0 aliphatic heterocycles. The van der Waals surface area contributed by atoms with Crippen molar-refractivity contribution >= 4 is 10.0 Å². The van der Waals surface area contributed by atoms with Gasteiger partial charge in [-0.2, -0.15) is 0 Å². The Hall–Kier alpha value is -0.910. The molecule has 0 heterocycles. The van der Waals surface area contributed by atoms with Crippen molar-refractivity contribution in [3.8, 4) is 0 Å². The summed E-state index contributed by atoms with van der Waals surface area (Å²) < 4.78 is 27.3. The number of benzene rings is 1. The van der Waals surface area contributed by atoms with Crippen LogP contribution in [0.5, 0.6) is 0 Å². The molecule has 0 amide bonds. The summed E-state index contributed by atoms with van der Waals surface area (Å²) in [6, 6.07) is 7.48. The molecule has 1 aromatic carbocycles. The van der Waals surface area contributed by atoms with Crippen molar-refractivity contribution in [3.05, 3.63) is 29.8 Å². The van der Waals surface area contributed by atoms with Crippen molar-refractivity contribution in [3.63, 3.8) is 0 Å². The van der Waals surface area contributed by atoms with Crippen molar-refractivity contribution in [2.75, 3.05) is 13.6 Å². The third-order valence-corrected chi connectivity index (χ3v) is 5.23. The summed E-state index contributed by atoms with van der Waals surface area (Å²) in [6.45, 7) is 8.51. The lowest BCUT2D eigenvalue weighted by atomic mass is 9.83. The van der Waals surface area contributed by atoms with Gasteiger partial charge in [0.15, 0.2) is 0 Å². The molecular weight excluding hydrogens is 272 g/mol. The molecule has 0 spiro atoms. The molecule has 0 aliphatic carbocycles. The minimum Gasteiger partial charge on any atom is -0.317 e. The molecule has 2 N–H and O–H groups in total. The van der Waals surface area contributed by atoms with Gasteiger partial charge in [-0.25, -0.2) is 13.1 Å². The van der Waals surface area contributed by atoms with Crippen LogP contribution >= 0.6 is 0 Å². The fraction of sp³-hybridized carbons (Fsp3) is 0.600. The topological polar surface area (TPSA) is 58.2 Å². The maximum absolute atomic E-state index is 12.4. The lowest BCUT2D eigenvalue weighted by Gasteiger charge is -2.29. The van der Waals surface area contributed by atoms with Crippen LogP contribution in [0.1, 0.15) is 39.2 Å². The van der Waals surface area contributed by atoms with Gasteiger partial charge in [0.05, 0.1) is 4.90 Å². The lowest BCUT2D eigenvalue weighted by Crippen LogP contribution is -2.34. The molecule has 5 heteroatoms. The first-order valence-electron chi connectivity index (χ1n) is 7.11. The molecule has 114 valence electrons. The summed E-state index contributed by atoms with van der Waals surface area (Å²) in [5.41, 5.74) is 0.880. The zero-order chi connectivity index (χ0) is 15.3. The Labute approximate surface area is 123 Å². The summed E-state index contributed by atoms with van der Waals surface area (Å²) in [5.74, 6) is 0.486. The van der Waals surface area contributed by atoms with E-state index in [1.807, 2.05) is 19.2 Å². The maximum atomic E-state index is 12.4. The average Bonchev–Trinajstić information content (AvgIpc) is 2.38. The number of likely N-dealkylation sites (N-methyl/N-ethyl adjacent to an activating group) is 1. The molecule has 0 saturated heterocycles. The number of rotatable bonds is 7. The zero-order valence-corrected chi connectivity index (χ0v) is 13.8. The Kier molecular flexibility index (Phi) is 6.17. The van der Waals surface area contributed by atoms with Gasteiger partial charge in [-0.15, -0.1) is 0 Å². The van der Waals surface area contributed by atoms with Gasteiger partial charge in [-0.3, -0.25) is 0 Å². The van der Waals surface area contributed by atoms with Crippen LogP contribution < -0.4 is 10.0 Å². The number of sulfonamides is 1. The van der Waals surface area contributed by atoms with Crippen LogP contribution in [-0.2, 0) is 10.0 Å². The molecule has 0 aromatic heterocycles. The van der Waals surface area contributed by atoms with Gasteiger partial charge in [0.2, 0.25) is 10.0 Å². The fourth-order valence-corrected chi connectivity index (χ4v) is 3.96. The molecule has 0 aliphatic rings. The normalized spacial score (nSPS) is 15.3. The molecule has 0 radical (unpaired) electrons. The van der Waals surface area contributed by atoms with Crippen molar-refractivity contribution in [1.29, 1.82) is 0 Å². The second kappa shape index (κ2) is 7.20. The van der Waals surface area contributed by atoms with Gasteiger partial charge < -0.3 is 5.32 Å². The largest absolute Gasteiger partial charge is 0.317 e. The summed E-state index contributed by atoms with van der Waals surface area (Å²) >= 11 is 0. The summed E-state index contributed by atoms with van der Waals surface area (Å²) in [4.78, 5) is 0.391. The van der Waals surface area contributed by atoms with Gasteiger partial charge in [-0.05, 0) is 31.5 Å². The van der Waals surface area contributed by atoms with Crippen LogP contribution in [0.15, 0.2) is 29.2 Å². The van der Waals surface area contributed by atoms with E-state index in [-0.39, 0.29) is 12.0 Å². The van der Waals surface area contributed by atoms with Crippen molar-refractivity contribution in [1.82, 2.24) is 10.0 Å². The minimum absolute atomic E-state index is 0.143. The van der Waals surface area contributed by atoms with Crippen LogP contribution in [0.4, 0.5) is 0 Å². The number of hydrogen-bond donors (Lipinski definition) is 2. The third kappa shape index (κ3) is 3.81. The van der Waals surface area contributed by atoms with Gasteiger partial charge in [0.1, 0.15) is 0 Å². The molecule has 4 nitrogen and oxygen atoms in total. The lowest BCUT2D eigenvalue weighted by molar-refractivity contribution is 0.390. The summed E-state index contributed by atoms with van der Waals surface area (Å²) in [5, 5.41) is 3.24. The Morgan fingerprint density at radius 1 is 1.15 bits per heavy atom. The van der Waals surface area contributed by atoms with E-state index in [1.165, 1.54) is 0 Å². The fourth-order valence-electron chi connectivity index (χ4n) is 2.65. The minimum atomic E-state index is -3.44. The Morgan fingerprint density at radius 3 is 2.25 bits per heavy atom. The quantitative estimate of drug-likeness (QED) is 0.812. The van der Waals surface area contributed by atoms with Gasteiger partial charge >= 0.3 is 0 Å². The molecule has 0 saturated carbocycles. The highest BCUT2D eigenvalue weighted by Crippen LogP contribution is 2.32.